The van der Waals surface area contributed by atoms with Crippen LogP contribution in [-0.4, -0.2) is 26.4 Å². The highest BCUT2D eigenvalue weighted by atomic mass is 32.2. The molecule has 3 rings (SSSR count). The number of thioether (sulfide) groups is 1. The molecule has 0 saturated carbocycles. The van der Waals surface area contributed by atoms with E-state index < -0.39 is 0 Å². The SMILES string of the molecule is CC(C)Cn1c(SCC(=O)Nc2ccc(C(C)C)cc2)nnc1C(C)Oc1ccc(F)cc1. The van der Waals surface area contributed by atoms with Gasteiger partial charge in [-0.05, 0) is 60.7 Å². The van der Waals surface area contributed by atoms with E-state index in [2.05, 4.69) is 43.2 Å². The topological polar surface area (TPSA) is 69.0 Å². The molecule has 1 aromatic heterocycles. The number of ether oxygens (including phenoxy) is 1. The number of rotatable bonds is 10. The van der Waals surface area contributed by atoms with Crippen LogP contribution >= 0.6 is 11.8 Å². The molecule has 0 fully saturated rings. The van der Waals surface area contributed by atoms with Gasteiger partial charge in [0.25, 0.3) is 0 Å². The minimum Gasteiger partial charge on any atom is -0.483 e. The van der Waals surface area contributed by atoms with Gasteiger partial charge in [0, 0.05) is 12.2 Å². The van der Waals surface area contributed by atoms with Gasteiger partial charge in [0.2, 0.25) is 5.91 Å². The van der Waals surface area contributed by atoms with E-state index in [4.69, 9.17) is 4.74 Å². The molecule has 176 valence electrons. The molecule has 0 saturated heterocycles. The minimum absolute atomic E-state index is 0.103. The van der Waals surface area contributed by atoms with Crippen molar-refractivity contribution in [1.82, 2.24) is 14.8 Å². The van der Waals surface area contributed by atoms with Crippen molar-refractivity contribution in [3.05, 3.63) is 65.7 Å². The Morgan fingerprint density at radius 2 is 1.70 bits per heavy atom. The molecule has 8 heteroatoms. The highest BCUT2D eigenvalue weighted by Gasteiger charge is 2.21. The maximum Gasteiger partial charge on any atom is 0.234 e. The maximum atomic E-state index is 13.2. The van der Waals surface area contributed by atoms with Gasteiger partial charge in [-0.3, -0.25) is 4.79 Å². The first-order valence-electron chi connectivity index (χ1n) is 11.1. The van der Waals surface area contributed by atoms with Crippen LogP contribution in [0.3, 0.4) is 0 Å². The molecule has 0 spiro atoms. The molecule has 2 aromatic carbocycles. The van der Waals surface area contributed by atoms with Crippen LogP contribution in [0.25, 0.3) is 0 Å². The lowest BCUT2D eigenvalue weighted by molar-refractivity contribution is -0.113. The average Bonchev–Trinajstić information content (AvgIpc) is 3.16. The lowest BCUT2D eigenvalue weighted by atomic mass is 10.0. The number of halogens is 1. The Bertz CT molecular complexity index is 1050. The number of anilines is 1. The van der Waals surface area contributed by atoms with Crippen molar-refractivity contribution in [2.75, 3.05) is 11.1 Å². The number of aromatic nitrogens is 3. The normalized spacial score (nSPS) is 12.2. The second-order valence-electron chi connectivity index (χ2n) is 8.67. The van der Waals surface area contributed by atoms with Crippen LogP contribution in [0.4, 0.5) is 10.1 Å². The Morgan fingerprint density at radius 1 is 1.03 bits per heavy atom. The molecule has 0 aliphatic heterocycles. The van der Waals surface area contributed by atoms with Crippen molar-refractivity contribution in [2.24, 2.45) is 5.92 Å². The standard InChI is InChI=1S/C25H31FN4O2S/c1-16(2)14-30-24(18(5)32-22-12-8-20(26)9-13-22)28-29-25(30)33-15-23(31)27-21-10-6-19(7-11-21)17(3)4/h6-13,16-18H,14-15H2,1-5H3,(H,27,31). The van der Waals surface area contributed by atoms with Gasteiger partial charge in [-0.2, -0.15) is 0 Å². The molecule has 1 N–H and O–H groups in total. The Hall–Kier alpha value is -2.87. The first-order valence-corrected chi connectivity index (χ1v) is 12.1. The van der Waals surface area contributed by atoms with E-state index in [1.165, 1.54) is 29.5 Å². The molecule has 0 aliphatic rings. The van der Waals surface area contributed by atoms with Gasteiger partial charge in [0.15, 0.2) is 17.1 Å². The van der Waals surface area contributed by atoms with Crippen LogP contribution in [-0.2, 0) is 11.3 Å². The molecule has 6 nitrogen and oxygen atoms in total. The third kappa shape index (κ3) is 7.05. The number of hydrogen-bond acceptors (Lipinski definition) is 5. The summed E-state index contributed by atoms with van der Waals surface area (Å²) in [7, 11) is 0. The van der Waals surface area contributed by atoms with Crippen LogP contribution < -0.4 is 10.1 Å². The molecule has 1 amide bonds. The van der Waals surface area contributed by atoms with E-state index in [0.717, 1.165) is 5.69 Å². The summed E-state index contributed by atoms with van der Waals surface area (Å²) in [5, 5.41) is 12.2. The van der Waals surface area contributed by atoms with Crippen molar-refractivity contribution in [2.45, 2.75) is 58.3 Å². The van der Waals surface area contributed by atoms with E-state index in [1.54, 1.807) is 12.1 Å². The lowest BCUT2D eigenvalue weighted by Crippen LogP contribution is -2.17. The zero-order chi connectivity index (χ0) is 24.0. The molecule has 33 heavy (non-hydrogen) atoms. The van der Waals surface area contributed by atoms with E-state index in [0.29, 0.717) is 35.1 Å². The van der Waals surface area contributed by atoms with E-state index in [-0.39, 0.29) is 23.6 Å². The molecular weight excluding hydrogens is 439 g/mol. The van der Waals surface area contributed by atoms with E-state index >= 15 is 0 Å². The van der Waals surface area contributed by atoms with E-state index in [1.807, 2.05) is 35.8 Å². The van der Waals surface area contributed by atoms with Crippen LogP contribution in [0, 0.1) is 11.7 Å². The van der Waals surface area contributed by atoms with Gasteiger partial charge in [-0.1, -0.05) is 51.6 Å². The number of carbonyl (C=O) groups is 1. The quantitative estimate of drug-likeness (QED) is 0.364. The van der Waals surface area contributed by atoms with Crippen molar-refractivity contribution in [1.29, 1.82) is 0 Å². The number of nitrogens with zero attached hydrogens (tertiary/aromatic N) is 3. The second kappa shape index (κ2) is 11.3. The molecule has 3 aromatic rings. The summed E-state index contributed by atoms with van der Waals surface area (Å²) in [6.45, 7) is 11.1. The van der Waals surface area contributed by atoms with Gasteiger partial charge in [-0.25, -0.2) is 4.39 Å². The summed E-state index contributed by atoms with van der Waals surface area (Å²) in [6.07, 6.45) is -0.385. The fraction of sp³-hybridized carbons (Fsp3) is 0.400. The van der Waals surface area contributed by atoms with Gasteiger partial charge in [-0.15, -0.1) is 10.2 Å². The Balaban J connectivity index is 1.66. The zero-order valence-corrected chi connectivity index (χ0v) is 20.5. The van der Waals surface area contributed by atoms with Gasteiger partial charge < -0.3 is 14.6 Å². The molecule has 1 unspecified atom stereocenters. The number of hydrogen-bond donors (Lipinski definition) is 1. The first-order chi connectivity index (χ1) is 15.7. The summed E-state index contributed by atoms with van der Waals surface area (Å²) in [4.78, 5) is 12.5. The number of amides is 1. The zero-order valence-electron chi connectivity index (χ0n) is 19.7. The monoisotopic (exact) mass is 470 g/mol. The summed E-state index contributed by atoms with van der Waals surface area (Å²) in [5.74, 6) is 1.82. The number of carbonyl (C=O) groups excluding carboxylic acids is 1. The van der Waals surface area contributed by atoms with Crippen molar-refractivity contribution in [3.63, 3.8) is 0 Å². The lowest BCUT2D eigenvalue weighted by Gasteiger charge is -2.17. The highest BCUT2D eigenvalue weighted by Crippen LogP contribution is 2.26. The Labute approximate surface area is 199 Å². The van der Waals surface area contributed by atoms with Gasteiger partial charge >= 0.3 is 0 Å². The highest BCUT2D eigenvalue weighted by molar-refractivity contribution is 7.99. The first kappa shape index (κ1) is 24.8. The molecule has 1 heterocycles. The van der Waals surface area contributed by atoms with Crippen molar-refractivity contribution in [3.8, 4) is 5.75 Å². The maximum absolute atomic E-state index is 13.2. The molecular formula is C25H31FN4O2S. The molecule has 0 bridgehead atoms. The molecule has 0 aliphatic carbocycles. The molecule has 0 radical (unpaired) electrons. The van der Waals surface area contributed by atoms with Crippen LogP contribution in [0.1, 0.15) is 58.0 Å². The summed E-state index contributed by atoms with van der Waals surface area (Å²) in [5.41, 5.74) is 2.00. The fourth-order valence-electron chi connectivity index (χ4n) is 3.29. The average molecular weight is 471 g/mol. The number of nitrogens with one attached hydrogen (secondary N) is 1. The minimum atomic E-state index is -0.385. The predicted octanol–water partition coefficient (Wildman–Crippen LogP) is 6.07. The van der Waals surface area contributed by atoms with Crippen LogP contribution in [0.15, 0.2) is 53.7 Å². The smallest absolute Gasteiger partial charge is 0.234 e. The second-order valence-corrected chi connectivity index (χ2v) is 9.62. The Kier molecular flexibility index (Phi) is 8.49. The van der Waals surface area contributed by atoms with E-state index in [9.17, 15) is 9.18 Å². The van der Waals surface area contributed by atoms with Gasteiger partial charge in [0.05, 0.1) is 5.75 Å². The van der Waals surface area contributed by atoms with Crippen LogP contribution in [0.5, 0.6) is 5.75 Å². The largest absolute Gasteiger partial charge is 0.483 e. The number of benzene rings is 2. The fourth-order valence-corrected chi connectivity index (χ4v) is 4.05. The summed E-state index contributed by atoms with van der Waals surface area (Å²) in [6, 6.07) is 13.8. The van der Waals surface area contributed by atoms with Crippen LogP contribution in [0.2, 0.25) is 0 Å². The third-order valence-corrected chi connectivity index (χ3v) is 5.94. The Morgan fingerprint density at radius 3 is 2.30 bits per heavy atom. The summed E-state index contributed by atoms with van der Waals surface area (Å²) < 4.78 is 21.1. The van der Waals surface area contributed by atoms with Crippen molar-refractivity contribution < 1.29 is 13.9 Å². The van der Waals surface area contributed by atoms with Crippen molar-refractivity contribution >= 4 is 23.4 Å². The third-order valence-electron chi connectivity index (χ3n) is 4.98. The molecule has 1 atom stereocenters. The summed E-state index contributed by atoms with van der Waals surface area (Å²) >= 11 is 1.34. The van der Waals surface area contributed by atoms with Gasteiger partial charge in [0.1, 0.15) is 11.6 Å². The predicted molar refractivity (Wildman–Crippen MR) is 130 cm³/mol.